The summed E-state index contributed by atoms with van der Waals surface area (Å²) in [5, 5.41) is 8.42. The summed E-state index contributed by atoms with van der Waals surface area (Å²) in [5.41, 5.74) is 5.11. The van der Waals surface area contributed by atoms with Crippen molar-refractivity contribution in [2.45, 2.75) is 26.4 Å². The quantitative estimate of drug-likeness (QED) is 0.945. The number of carbonyl (C=O) groups is 1. The molecule has 0 radical (unpaired) electrons. The van der Waals surface area contributed by atoms with E-state index in [0.29, 0.717) is 23.5 Å². The number of ether oxygens (including phenoxy) is 1. The van der Waals surface area contributed by atoms with Crippen molar-refractivity contribution >= 4 is 17.1 Å². The summed E-state index contributed by atoms with van der Waals surface area (Å²) in [4.78, 5) is 11.4. The highest BCUT2D eigenvalue weighted by Gasteiger charge is 2.25. The molecule has 1 N–H and O–H groups in total. The minimum absolute atomic E-state index is 0.0212. The number of fused-ring (bicyclic) bond motifs is 1. The highest BCUT2D eigenvalue weighted by molar-refractivity contribution is 6.10. The number of halogens is 1. The van der Waals surface area contributed by atoms with Crippen molar-refractivity contribution < 1.29 is 13.9 Å². The molecular weight excluding hydrogens is 287 g/mol. The molecule has 1 aliphatic heterocycles. The lowest BCUT2D eigenvalue weighted by Gasteiger charge is -2.20. The van der Waals surface area contributed by atoms with E-state index in [0.717, 1.165) is 11.3 Å². The van der Waals surface area contributed by atoms with Crippen LogP contribution in [0.25, 0.3) is 5.52 Å². The molecule has 0 fully saturated rings. The summed E-state index contributed by atoms with van der Waals surface area (Å²) in [6, 6.07) is 5.30. The van der Waals surface area contributed by atoms with E-state index in [1.165, 1.54) is 14.0 Å². The van der Waals surface area contributed by atoms with Gasteiger partial charge in [-0.15, -0.1) is 0 Å². The van der Waals surface area contributed by atoms with Crippen LogP contribution in [0.2, 0.25) is 0 Å². The maximum atomic E-state index is 13.6. The number of hydrogen-bond acceptors (Lipinski definition) is 4. The molecule has 3 rings (SSSR count). The van der Waals surface area contributed by atoms with Crippen LogP contribution >= 0.6 is 0 Å². The third-order valence-electron chi connectivity index (χ3n) is 3.76. The molecule has 0 bridgehead atoms. The number of hydrazone groups is 1. The molecule has 0 aliphatic carbocycles. The summed E-state index contributed by atoms with van der Waals surface area (Å²) in [7, 11) is 1.54. The first-order valence-electron chi connectivity index (χ1n) is 7.08. The van der Waals surface area contributed by atoms with Gasteiger partial charge in [0.25, 0.3) is 0 Å². The van der Waals surface area contributed by atoms with E-state index in [-0.39, 0.29) is 11.8 Å². The van der Waals surface area contributed by atoms with Crippen molar-refractivity contribution in [3.8, 4) is 5.88 Å². The third kappa shape index (κ3) is 2.32. The molecule has 2 atom stereocenters. The second kappa shape index (κ2) is 5.40. The van der Waals surface area contributed by atoms with E-state index < -0.39 is 6.17 Å². The van der Waals surface area contributed by atoms with Gasteiger partial charge in [-0.05, 0) is 19.1 Å². The lowest BCUT2D eigenvalue weighted by molar-refractivity contribution is -0.121. The monoisotopic (exact) mass is 304 g/mol. The van der Waals surface area contributed by atoms with E-state index in [1.807, 2.05) is 13.0 Å². The van der Waals surface area contributed by atoms with Crippen LogP contribution in [0, 0.1) is 5.92 Å². The van der Waals surface area contributed by atoms with Crippen LogP contribution in [0.5, 0.6) is 5.88 Å². The van der Waals surface area contributed by atoms with Gasteiger partial charge >= 0.3 is 0 Å². The van der Waals surface area contributed by atoms with Crippen molar-refractivity contribution in [3.05, 3.63) is 29.5 Å². The van der Waals surface area contributed by atoms with E-state index in [4.69, 9.17) is 4.74 Å². The fourth-order valence-electron chi connectivity index (χ4n) is 2.61. The summed E-state index contributed by atoms with van der Waals surface area (Å²) in [6.07, 6.45) is -0.805. The first-order valence-corrected chi connectivity index (χ1v) is 7.08. The molecule has 2 aromatic heterocycles. The van der Waals surface area contributed by atoms with Crippen molar-refractivity contribution in [2.75, 3.05) is 7.11 Å². The molecular formula is C15H17FN4O2. The van der Waals surface area contributed by atoms with Gasteiger partial charge in [-0.3, -0.25) is 4.79 Å². The molecule has 22 heavy (non-hydrogen) atoms. The maximum Gasteiger partial charge on any atom is 0.240 e. The largest absolute Gasteiger partial charge is 0.481 e. The van der Waals surface area contributed by atoms with Crippen LogP contribution in [-0.4, -0.2) is 28.3 Å². The number of methoxy groups -OCH3 is 1. The molecule has 1 amide bonds. The van der Waals surface area contributed by atoms with Crippen LogP contribution in [0.15, 0.2) is 23.3 Å². The van der Waals surface area contributed by atoms with Crippen molar-refractivity contribution in [3.63, 3.8) is 0 Å². The molecule has 0 spiro atoms. The second-order valence-corrected chi connectivity index (χ2v) is 5.41. The highest BCUT2D eigenvalue weighted by atomic mass is 19.1. The summed E-state index contributed by atoms with van der Waals surface area (Å²) in [6.45, 7) is 3.38. The summed E-state index contributed by atoms with van der Waals surface area (Å²) in [5.74, 6) is 0.387. The molecule has 1 aliphatic rings. The lowest BCUT2D eigenvalue weighted by atomic mass is 9.94. The molecule has 2 unspecified atom stereocenters. The van der Waals surface area contributed by atoms with Gasteiger partial charge in [-0.1, -0.05) is 6.92 Å². The number of carbonyl (C=O) groups excluding carboxylic acids is 1. The van der Waals surface area contributed by atoms with Crippen molar-refractivity contribution in [2.24, 2.45) is 11.0 Å². The van der Waals surface area contributed by atoms with Crippen molar-refractivity contribution in [1.82, 2.24) is 15.0 Å². The predicted molar refractivity (Wildman–Crippen MR) is 79.7 cm³/mol. The number of nitrogens with zero attached hydrogens (tertiary/aromatic N) is 3. The Morgan fingerprint density at radius 2 is 2.27 bits per heavy atom. The van der Waals surface area contributed by atoms with E-state index in [9.17, 15) is 9.18 Å². The number of nitrogens with one attached hydrogen (secondary N) is 1. The Balaban J connectivity index is 2.20. The van der Waals surface area contributed by atoms with E-state index >= 15 is 0 Å². The Morgan fingerprint density at radius 3 is 2.91 bits per heavy atom. The normalized spacial score (nSPS) is 19.7. The Kier molecular flexibility index (Phi) is 3.56. The fraction of sp³-hybridized carbons (Fsp3) is 0.400. The SMILES string of the molecule is COc1ccc(C2=NNC(=O)CC2C)c2cc(C(C)F)nn12. The van der Waals surface area contributed by atoms with Crippen molar-refractivity contribution in [1.29, 1.82) is 0 Å². The zero-order valence-corrected chi connectivity index (χ0v) is 12.6. The molecule has 7 heteroatoms. The van der Waals surface area contributed by atoms with Crippen LogP contribution < -0.4 is 10.2 Å². The smallest absolute Gasteiger partial charge is 0.240 e. The first-order chi connectivity index (χ1) is 10.5. The first kappa shape index (κ1) is 14.5. The average Bonchev–Trinajstić information content (AvgIpc) is 2.92. The number of hydrogen-bond donors (Lipinski definition) is 1. The van der Waals surface area contributed by atoms with Gasteiger partial charge in [0.2, 0.25) is 11.8 Å². The highest BCUT2D eigenvalue weighted by Crippen LogP contribution is 2.27. The summed E-state index contributed by atoms with van der Waals surface area (Å²) < 4.78 is 20.4. The van der Waals surface area contributed by atoms with Crippen LogP contribution in [0.4, 0.5) is 4.39 Å². The molecule has 0 saturated carbocycles. The molecule has 2 aromatic rings. The maximum absolute atomic E-state index is 13.6. The number of rotatable bonds is 3. The Hall–Kier alpha value is -2.44. The molecule has 6 nitrogen and oxygen atoms in total. The van der Waals surface area contributed by atoms with E-state index in [2.05, 4.69) is 15.6 Å². The number of alkyl halides is 1. The molecule has 3 heterocycles. The molecule has 0 saturated heterocycles. The number of amides is 1. The Labute approximate surface area is 127 Å². The van der Waals surface area contributed by atoms with Gasteiger partial charge in [0.15, 0.2) is 0 Å². The third-order valence-corrected chi connectivity index (χ3v) is 3.76. The minimum atomic E-state index is -1.18. The topological polar surface area (TPSA) is 68.0 Å². The van der Waals surface area contributed by atoms with Crippen LogP contribution in [0.1, 0.15) is 37.7 Å². The Morgan fingerprint density at radius 1 is 1.50 bits per heavy atom. The Bertz CT molecular complexity index is 766. The van der Waals surface area contributed by atoms with Gasteiger partial charge in [-0.25, -0.2) is 14.3 Å². The predicted octanol–water partition coefficient (Wildman–Crippen LogP) is 2.23. The number of pyridine rings is 1. The van der Waals surface area contributed by atoms with Gasteiger partial charge < -0.3 is 4.74 Å². The van der Waals surface area contributed by atoms with Gasteiger partial charge in [0.05, 0.1) is 24.0 Å². The molecule has 116 valence electrons. The zero-order chi connectivity index (χ0) is 15.9. The van der Waals surface area contributed by atoms with Gasteiger partial charge in [-0.2, -0.15) is 10.2 Å². The minimum Gasteiger partial charge on any atom is -0.481 e. The second-order valence-electron chi connectivity index (χ2n) is 5.41. The summed E-state index contributed by atoms with van der Waals surface area (Å²) >= 11 is 0. The fourth-order valence-corrected chi connectivity index (χ4v) is 2.61. The lowest BCUT2D eigenvalue weighted by Crippen LogP contribution is -2.32. The van der Waals surface area contributed by atoms with Crippen LogP contribution in [-0.2, 0) is 4.79 Å². The standard InChI is InChI=1S/C15H17FN4O2/c1-8-6-13(21)17-18-15(8)10-4-5-14(22-3)20-12(10)7-11(19-20)9(2)16/h4-5,7-9H,6H2,1-3H3,(H,17,21). The van der Waals surface area contributed by atoms with E-state index in [1.54, 1.807) is 16.6 Å². The van der Waals surface area contributed by atoms with Gasteiger partial charge in [0.1, 0.15) is 6.17 Å². The van der Waals surface area contributed by atoms with Gasteiger partial charge in [0, 0.05) is 24.0 Å². The molecule has 0 aromatic carbocycles. The number of aromatic nitrogens is 2. The average molecular weight is 304 g/mol. The van der Waals surface area contributed by atoms with Crippen LogP contribution in [0.3, 0.4) is 0 Å². The zero-order valence-electron chi connectivity index (χ0n) is 12.6.